The molecule has 0 nitrogen and oxygen atoms in total. The molecule has 0 fully saturated rings. The molecule has 0 bridgehead atoms. The van der Waals surface area contributed by atoms with E-state index in [0.29, 0.717) is 0 Å². The molecule has 0 unspecified atom stereocenters. The van der Waals surface area contributed by atoms with Gasteiger partial charge in [0, 0.05) is 24.8 Å². The van der Waals surface area contributed by atoms with Gasteiger partial charge in [-0.1, -0.05) is 28.1 Å². The quantitative estimate of drug-likeness (QED) is 0.345. The standard InChI is InChI=1S/C4H7Br.Zn/c1-2-3-4-5;/h2-3H,4H2,1H3;/b3-2+;. The molecule has 0 aliphatic rings. The molecule has 0 rings (SSSR count). The molecule has 0 aromatic carbocycles. The zero-order chi connectivity index (χ0) is 4.12. The van der Waals surface area contributed by atoms with Crippen molar-refractivity contribution < 1.29 is 19.5 Å². The SMILES string of the molecule is C/C=C/CBr.[Zn]. The Morgan fingerprint density at radius 3 is 2.17 bits per heavy atom. The summed E-state index contributed by atoms with van der Waals surface area (Å²) in [6.45, 7) is 2.00. The van der Waals surface area contributed by atoms with E-state index in [1.54, 1.807) is 0 Å². The first-order valence-corrected chi connectivity index (χ1v) is 2.71. The van der Waals surface area contributed by atoms with E-state index < -0.39 is 0 Å². The van der Waals surface area contributed by atoms with E-state index in [9.17, 15) is 0 Å². The van der Waals surface area contributed by atoms with E-state index in [1.807, 2.05) is 19.1 Å². The van der Waals surface area contributed by atoms with Gasteiger partial charge in [-0.25, -0.2) is 0 Å². The number of rotatable bonds is 1. The predicted molar refractivity (Wildman–Crippen MR) is 28.6 cm³/mol. The van der Waals surface area contributed by atoms with Crippen LogP contribution in [0, 0.1) is 0 Å². The van der Waals surface area contributed by atoms with Crippen LogP contribution in [0.5, 0.6) is 0 Å². The Morgan fingerprint density at radius 2 is 2.17 bits per heavy atom. The van der Waals surface area contributed by atoms with Gasteiger partial charge in [-0.15, -0.1) is 0 Å². The third-order valence-corrected chi connectivity index (χ3v) is 0.699. The third kappa shape index (κ3) is 8.85. The van der Waals surface area contributed by atoms with Gasteiger partial charge in [0.05, 0.1) is 0 Å². The molecule has 0 radical (unpaired) electrons. The zero-order valence-corrected chi connectivity index (χ0v) is 8.50. The Labute approximate surface area is 59.9 Å². The first-order valence-electron chi connectivity index (χ1n) is 1.59. The normalized spacial score (nSPS) is 8.33. The average molecular weight is 200 g/mol. The molecule has 0 aliphatic heterocycles. The molecule has 0 aromatic heterocycles. The fraction of sp³-hybridized carbons (Fsp3) is 0.500. The molecule has 0 amide bonds. The van der Waals surface area contributed by atoms with Crippen molar-refractivity contribution in [1.82, 2.24) is 0 Å². The first-order chi connectivity index (χ1) is 2.41. The molecule has 0 atom stereocenters. The van der Waals surface area contributed by atoms with Gasteiger partial charge in [-0.3, -0.25) is 0 Å². The maximum Gasteiger partial charge on any atom is 0.0211 e. The van der Waals surface area contributed by atoms with Gasteiger partial charge in [0.1, 0.15) is 0 Å². The van der Waals surface area contributed by atoms with Crippen LogP contribution in [0.25, 0.3) is 0 Å². The van der Waals surface area contributed by atoms with Gasteiger partial charge in [0.2, 0.25) is 0 Å². The van der Waals surface area contributed by atoms with Crippen LogP contribution in [0.1, 0.15) is 6.92 Å². The number of hydrogen-bond donors (Lipinski definition) is 0. The van der Waals surface area contributed by atoms with Crippen LogP contribution in [0.15, 0.2) is 12.2 Å². The summed E-state index contributed by atoms with van der Waals surface area (Å²) in [7, 11) is 0. The van der Waals surface area contributed by atoms with Crippen molar-refractivity contribution in [1.29, 1.82) is 0 Å². The number of halogens is 1. The minimum Gasteiger partial charge on any atom is -0.0908 e. The van der Waals surface area contributed by atoms with Gasteiger partial charge < -0.3 is 0 Å². The molecule has 0 spiro atoms. The minimum atomic E-state index is 0. The van der Waals surface area contributed by atoms with Crippen LogP contribution in [0.2, 0.25) is 0 Å². The molecule has 0 aliphatic carbocycles. The summed E-state index contributed by atoms with van der Waals surface area (Å²) in [6.07, 6.45) is 4.05. The van der Waals surface area contributed by atoms with Crippen molar-refractivity contribution in [2.45, 2.75) is 6.92 Å². The fourth-order valence-electron chi connectivity index (χ4n) is 0.0891. The van der Waals surface area contributed by atoms with Gasteiger partial charge >= 0.3 is 0 Å². The van der Waals surface area contributed by atoms with Crippen LogP contribution in [-0.2, 0) is 19.5 Å². The summed E-state index contributed by atoms with van der Waals surface area (Å²) < 4.78 is 0. The van der Waals surface area contributed by atoms with E-state index in [4.69, 9.17) is 0 Å². The van der Waals surface area contributed by atoms with Crippen LogP contribution >= 0.6 is 15.9 Å². The van der Waals surface area contributed by atoms with Gasteiger partial charge in [0.15, 0.2) is 0 Å². The van der Waals surface area contributed by atoms with E-state index >= 15 is 0 Å². The Bertz CT molecular complexity index is 34.5. The predicted octanol–water partition coefficient (Wildman–Crippen LogP) is 1.95. The van der Waals surface area contributed by atoms with Crippen molar-refractivity contribution in [3.63, 3.8) is 0 Å². The molecule has 6 heavy (non-hydrogen) atoms. The van der Waals surface area contributed by atoms with Gasteiger partial charge in [-0.05, 0) is 6.92 Å². The van der Waals surface area contributed by atoms with Crippen LogP contribution in [0.4, 0.5) is 0 Å². The van der Waals surface area contributed by atoms with Crippen molar-refractivity contribution >= 4 is 15.9 Å². The zero-order valence-electron chi connectivity index (χ0n) is 3.95. The Balaban J connectivity index is 0. The summed E-state index contributed by atoms with van der Waals surface area (Å²) in [6, 6.07) is 0. The second-order valence-corrected chi connectivity index (χ2v) is 1.37. The summed E-state index contributed by atoms with van der Waals surface area (Å²) in [5.74, 6) is 0. The second kappa shape index (κ2) is 9.28. The molecule has 0 saturated carbocycles. The average Bonchev–Trinajstić information content (AvgIpc) is 1.41. The summed E-state index contributed by atoms with van der Waals surface area (Å²) in [5, 5.41) is 0.976. The Morgan fingerprint density at radius 1 is 1.67 bits per heavy atom. The maximum absolute atomic E-state index is 3.22. The van der Waals surface area contributed by atoms with E-state index in [0.717, 1.165) is 5.33 Å². The third-order valence-electron chi connectivity index (χ3n) is 0.325. The molecule has 2 heteroatoms. The van der Waals surface area contributed by atoms with Gasteiger partial charge in [0.25, 0.3) is 0 Å². The fourth-order valence-corrected chi connectivity index (χ4v) is 0.463. The smallest absolute Gasteiger partial charge is 0.0211 e. The molecule has 0 heterocycles. The van der Waals surface area contributed by atoms with E-state index in [2.05, 4.69) is 15.9 Å². The van der Waals surface area contributed by atoms with Crippen LogP contribution in [-0.4, -0.2) is 5.33 Å². The monoisotopic (exact) mass is 198 g/mol. The summed E-state index contributed by atoms with van der Waals surface area (Å²) >= 11 is 3.22. The number of alkyl halides is 1. The van der Waals surface area contributed by atoms with Crippen molar-refractivity contribution in [3.05, 3.63) is 12.2 Å². The molecule has 32 valence electrons. The Hall–Kier alpha value is 0.843. The molecular weight excluding hydrogens is 193 g/mol. The number of allylic oxidation sites excluding steroid dienone is 2. The molecule has 0 aromatic rings. The molecule has 0 saturated heterocycles. The second-order valence-electron chi connectivity index (χ2n) is 0.723. The maximum atomic E-state index is 3.22. The van der Waals surface area contributed by atoms with Gasteiger partial charge in [-0.2, -0.15) is 0 Å². The van der Waals surface area contributed by atoms with Crippen molar-refractivity contribution in [2.75, 3.05) is 5.33 Å². The first kappa shape index (κ1) is 9.96. The molecule has 0 N–H and O–H groups in total. The summed E-state index contributed by atoms with van der Waals surface area (Å²) in [4.78, 5) is 0. The van der Waals surface area contributed by atoms with Crippen molar-refractivity contribution in [3.8, 4) is 0 Å². The van der Waals surface area contributed by atoms with Crippen LogP contribution in [0.3, 0.4) is 0 Å². The number of hydrogen-bond acceptors (Lipinski definition) is 0. The van der Waals surface area contributed by atoms with Crippen LogP contribution < -0.4 is 0 Å². The van der Waals surface area contributed by atoms with Crippen molar-refractivity contribution in [2.24, 2.45) is 0 Å². The summed E-state index contributed by atoms with van der Waals surface area (Å²) in [5.41, 5.74) is 0. The Kier molecular flexibility index (Phi) is 15.4. The largest absolute Gasteiger partial charge is 0.0908 e. The molecular formula is C4H7BrZn. The minimum absolute atomic E-state index is 0. The van der Waals surface area contributed by atoms with E-state index in [-0.39, 0.29) is 19.5 Å². The topological polar surface area (TPSA) is 0 Å². The van der Waals surface area contributed by atoms with E-state index in [1.165, 1.54) is 0 Å².